The molecule has 1 heterocycles. The SMILES string of the molecule is Cc1c(C(=O)NCc2ccc(C[NH+](C)C)cc2)oc2ccc(Cl)cc12. The van der Waals surface area contributed by atoms with Crippen LogP contribution in [0.1, 0.15) is 27.2 Å². The van der Waals surface area contributed by atoms with Gasteiger partial charge in [-0.05, 0) is 30.7 Å². The summed E-state index contributed by atoms with van der Waals surface area (Å²) < 4.78 is 5.69. The van der Waals surface area contributed by atoms with Crippen molar-refractivity contribution in [3.8, 4) is 0 Å². The maximum Gasteiger partial charge on any atom is 0.287 e. The van der Waals surface area contributed by atoms with Crippen LogP contribution in [0.3, 0.4) is 0 Å². The van der Waals surface area contributed by atoms with Crippen LogP contribution >= 0.6 is 11.6 Å². The van der Waals surface area contributed by atoms with E-state index >= 15 is 0 Å². The van der Waals surface area contributed by atoms with Gasteiger partial charge in [-0.3, -0.25) is 4.79 Å². The van der Waals surface area contributed by atoms with Crippen LogP contribution in [-0.4, -0.2) is 20.0 Å². The van der Waals surface area contributed by atoms with E-state index in [0.29, 0.717) is 22.9 Å². The molecule has 0 aliphatic carbocycles. The number of amides is 1. The normalized spacial score (nSPS) is 11.2. The summed E-state index contributed by atoms with van der Waals surface area (Å²) in [5.41, 5.74) is 3.81. The smallest absolute Gasteiger partial charge is 0.287 e. The van der Waals surface area contributed by atoms with Crippen molar-refractivity contribution in [3.05, 3.63) is 69.9 Å². The van der Waals surface area contributed by atoms with Crippen LogP contribution in [0.2, 0.25) is 5.02 Å². The number of aryl methyl sites for hydroxylation is 1. The van der Waals surface area contributed by atoms with Gasteiger partial charge in [0.2, 0.25) is 0 Å². The summed E-state index contributed by atoms with van der Waals surface area (Å²) in [6.45, 7) is 3.31. The zero-order chi connectivity index (χ0) is 18.0. The monoisotopic (exact) mass is 357 g/mol. The molecule has 0 aliphatic heterocycles. The number of quaternary nitrogens is 1. The van der Waals surface area contributed by atoms with Gasteiger partial charge >= 0.3 is 0 Å². The average molecular weight is 358 g/mol. The highest BCUT2D eigenvalue weighted by Crippen LogP contribution is 2.27. The molecule has 1 amide bonds. The third-order valence-corrected chi connectivity index (χ3v) is 4.37. The predicted octanol–water partition coefficient (Wildman–Crippen LogP) is 2.97. The topological polar surface area (TPSA) is 46.7 Å². The molecule has 3 aromatic rings. The molecule has 3 rings (SSSR count). The molecule has 0 aliphatic rings. The lowest BCUT2D eigenvalue weighted by Gasteiger charge is -2.08. The fourth-order valence-electron chi connectivity index (χ4n) is 2.86. The number of nitrogens with one attached hydrogen (secondary N) is 2. The Kier molecular flexibility index (Phi) is 5.11. The zero-order valence-electron chi connectivity index (χ0n) is 14.7. The van der Waals surface area contributed by atoms with Crippen LogP contribution in [0.4, 0.5) is 0 Å². The second kappa shape index (κ2) is 7.30. The fourth-order valence-corrected chi connectivity index (χ4v) is 3.03. The molecule has 0 saturated carbocycles. The molecular weight excluding hydrogens is 336 g/mol. The minimum atomic E-state index is -0.216. The van der Waals surface area contributed by atoms with E-state index in [4.69, 9.17) is 16.0 Å². The summed E-state index contributed by atoms with van der Waals surface area (Å²) in [5.74, 6) is 0.122. The van der Waals surface area contributed by atoms with Crippen molar-refractivity contribution < 1.29 is 14.1 Å². The van der Waals surface area contributed by atoms with Crippen molar-refractivity contribution in [1.29, 1.82) is 0 Å². The summed E-state index contributed by atoms with van der Waals surface area (Å²) in [4.78, 5) is 13.8. The van der Waals surface area contributed by atoms with Gasteiger partial charge in [-0.25, -0.2) is 0 Å². The molecule has 0 atom stereocenters. The van der Waals surface area contributed by atoms with Gasteiger partial charge in [0.25, 0.3) is 5.91 Å². The Labute approximate surface area is 152 Å². The molecule has 0 radical (unpaired) electrons. The van der Waals surface area contributed by atoms with Crippen molar-refractivity contribution in [1.82, 2.24) is 5.32 Å². The Morgan fingerprint density at radius 2 is 1.80 bits per heavy atom. The molecule has 25 heavy (non-hydrogen) atoms. The first kappa shape index (κ1) is 17.5. The lowest BCUT2D eigenvalue weighted by Crippen LogP contribution is -3.04. The number of carbonyl (C=O) groups is 1. The standard InChI is InChI=1S/C20H21ClN2O2/c1-13-17-10-16(21)8-9-18(17)25-19(13)20(24)22-11-14-4-6-15(7-5-14)12-23(2)3/h4-10H,11-12H2,1-3H3,(H,22,24)/p+1. The molecule has 5 heteroatoms. The Bertz CT molecular complexity index is 898. The van der Waals surface area contributed by atoms with Crippen molar-refractivity contribution in [2.24, 2.45) is 0 Å². The van der Waals surface area contributed by atoms with E-state index in [0.717, 1.165) is 23.1 Å². The van der Waals surface area contributed by atoms with Gasteiger partial charge in [0.15, 0.2) is 5.76 Å². The number of carbonyl (C=O) groups excluding carboxylic acids is 1. The summed E-state index contributed by atoms with van der Waals surface area (Å²) in [5, 5.41) is 4.42. The maximum atomic E-state index is 12.5. The molecule has 130 valence electrons. The van der Waals surface area contributed by atoms with Crippen LogP contribution in [0, 0.1) is 6.92 Å². The fraction of sp³-hybridized carbons (Fsp3) is 0.250. The molecule has 2 N–H and O–H groups in total. The molecule has 0 saturated heterocycles. The van der Waals surface area contributed by atoms with Crippen molar-refractivity contribution >= 4 is 28.5 Å². The number of benzene rings is 2. The van der Waals surface area contributed by atoms with E-state index in [2.05, 4.69) is 31.5 Å². The maximum absolute atomic E-state index is 12.5. The Hall–Kier alpha value is -2.30. The highest BCUT2D eigenvalue weighted by atomic mass is 35.5. The molecule has 1 aromatic heterocycles. The molecule has 0 bridgehead atoms. The first-order chi connectivity index (χ1) is 11.9. The third-order valence-electron chi connectivity index (χ3n) is 4.14. The van der Waals surface area contributed by atoms with E-state index < -0.39 is 0 Å². The molecule has 2 aromatic carbocycles. The Morgan fingerprint density at radius 3 is 2.48 bits per heavy atom. The van der Waals surface area contributed by atoms with Crippen molar-refractivity contribution in [3.63, 3.8) is 0 Å². The minimum Gasteiger partial charge on any atom is -0.451 e. The van der Waals surface area contributed by atoms with Gasteiger partial charge in [-0.15, -0.1) is 0 Å². The van der Waals surface area contributed by atoms with Crippen LogP contribution in [-0.2, 0) is 13.1 Å². The second-order valence-corrected chi connectivity index (χ2v) is 7.02. The second-order valence-electron chi connectivity index (χ2n) is 6.58. The summed E-state index contributed by atoms with van der Waals surface area (Å²) >= 11 is 6.02. The Morgan fingerprint density at radius 1 is 1.12 bits per heavy atom. The number of halogens is 1. The van der Waals surface area contributed by atoms with Gasteiger partial charge < -0.3 is 14.6 Å². The third kappa shape index (κ3) is 4.03. The number of hydrogen-bond donors (Lipinski definition) is 2. The lowest BCUT2D eigenvalue weighted by molar-refractivity contribution is -0.872. The number of hydrogen-bond acceptors (Lipinski definition) is 2. The van der Waals surface area contributed by atoms with E-state index in [9.17, 15) is 4.79 Å². The van der Waals surface area contributed by atoms with Gasteiger partial charge in [0, 0.05) is 28.1 Å². The van der Waals surface area contributed by atoms with Crippen LogP contribution in [0.25, 0.3) is 11.0 Å². The van der Waals surface area contributed by atoms with Crippen LogP contribution < -0.4 is 10.2 Å². The number of rotatable bonds is 5. The Balaban J connectivity index is 1.69. The molecule has 4 nitrogen and oxygen atoms in total. The van der Waals surface area contributed by atoms with Gasteiger partial charge in [-0.1, -0.05) is 35.9 Å². The molecule has 0 unspecified atom stereocenters. The molecule has 0 spiro atoms. The first-order valence-electron chi connectivity index (χ1n) is 8.27. The lowest BCUT2D eigenvalue weighted by atomic mass is 10.1. The van der Waals surface area contributed by atoms with Crippen molar-refractivity contribution in [2.45, 2.75) is 20.0 Å². The molecule has 0 fully saturated rings. The zero-order valence-corrected chi connectivity index (χ0v) is 15.4. The molecular formula is C20H22ClN2O2+. The largest absolute Gasteiger partial charge is 0.451 e. The minimum absolute atomic E-state index is 0.216. The van der Waals surface area contributed by atoms with Crippen LogP contribution in [0.5, 0.6) is 0 Å². The highest BCUT2D eigenvalue weighted by Gasteiger charge is 2.17. The summed E-state index contributed by atoms with van der Waals surface area (Å²) in [6.07, 6.45) is 0. The van der Waals surface area contributed by atoms with E-state index in [1.54, 1.807) is 12.1 Å². The van der Waals surface area contributed by atoms with Gasteiger partial charge in [0.05, 0.1) is 14.1 Å². The van der Waals surface area contributed by atoms with E-state index in [1.807, 2.05) is 25.1 Å². The van der Waals surface area contributed by atoms with E-state index in [1.165, 1.54) is 10.5 Å². The summed E-state index contributed by atoms with van der Waals surface area (Å²) in [7, 11) is 4.24. The average Bonchev–Trinajstić information content (AvgIpc) is 2.90. The van der Waals surface area contributed by atoms with Crippen LogP contribution in [0.15, 0.2) is 46.9 Å². The quantitative estimate of drug-likeness (QED) is 0.737. The van der Waals surface area contributed by atoms with Crippen molar-refractivity contribution in [2.75, 3.05) is 14.1 Å². The predicted molar refractivity (Wildman–Crippen MR) is 100 cm³/mol. The highest BCUT2D eigenvalue weighted by molar-refractivity contribution is 6.31. The van der Waals surface area contributed by atoms with E-state index in [-0.39, 0.29) is 5.91 Å². The number of fused-ring (bicyclic) bond motifs is 1. The van der Waals surface area contributed by atoms with Gasteiger partial charge in [-0.2, -0.15) is 0 Å². The number of furan rings is 1. The summed E-state index contributed by atoms with van der Waals surface area (Å²) in [6, 6.07) is 13.6. The first-order valence-corrected chi connectivity index (χ1v) is 8.65. The van der Waals surface area contributed by atoms with Gasteiger partial charge in [0.1, 0.15) is 12.1 Å².